The van der Waals surface area contributed by atoms with Crippen LogP contribution >= 0.6 is 11.6 Å². The maximum atomic E-state index is 6.11. The van der Waals surface area contributed by atoms with E-state index in [1.165, 1.54) is 16.6 Å². The van der Waals surface area contributed by atoms with Crippen LogP contribution < -0.4 is 5.73 Å². The quantitative estimate of drug-likeness (QED) is 0.844. The van der Waals surface area contributed by atoms with Crippen LogP contribution in [0.25, 0.3) is 10.9 Å². The van der Waals surface area contributed by atoms with Crippen LogP contribution in [0.3, 0.4) is 0 Å². The van der Waals surface area contributed by atoms with Crippen molar-refractivity contribution in [2.75, 3.05) is 6.54 Å². The predicted molar refractivity (Wildman–Crippen MR) is 70.2 cm³/mol. The van der Waals surface area contributed by atoms with Crippen molar-refractivity contribution < 1.29 is 0 Å². The molecule has 2 rings (SSSR count). The number of halogens is 1. The molecule has 0 radical (unpaired) electrons. The van der Waals surface area contributed by atoms with Gasteiger partial charge >= 0.3 is 0 Å². The summed E-state index contributed by atoms with van der Waals surface area (Å²) in [4.78, 5) is 3.42. The first-order valence-electron chi connectivity index (χ1n) is 5.61. The Hall–Kier alpha value is -0.990. The smallest absolute Gasteiger partial charge is 0.0503 e. The molecule has 2 aromatic rings. The molecule has 2 nitrogen and oxygen atoms in total. The topological polar surface area (TPSA) is 41.8 Å². The minimum absolute atomic E-state index is 0.735. The molecule has 0 spiro atoms. The predicted octanol–water partition coefficient (Wildman–Crippen LogP) is 3.33. The number of benzene rings is 1. The number of aryl methyl sites for hydroxylation is 3. The Morgan fingerprint density at radius 1 is 1.31 bits per heavy atom. The lowest BCUT2D eigenvalue weighted by molar-refractivity contribution is 0.831. The van der Waals surface area contributed by atoms with E-state index < -0.39 is 0 Å². The summed E-state index contributed by atoms with van der Waals surface area (Å²) < 4.78 is 0. The first-order valence-corrected chi connectivity index (χ1v) is 5.99. The summed E-state index contributed by atoms with van der Waals surface area (Å²) in [5.41, 5.74) is 10.5. The Balaban J connectivity index is 2.58. The van der Waals surface area contributed by atoms with Gasteiger partial charge in [0.25, 0.3) is 0 Å². The van der Waals surface area contributed by atoms with Crippen LogP contribution in [0.4, 0.5) is 0 Å². The van der Waals surface area contributed by atoms with E-state index in [1.54, 1.807) is 0 Å². The first kappa shape index (κ1) is 11.5. The number of rotatable bonds is 3. The van der Waals surface area contributed by atoms with Crippen LogP contribution in [0.5, 0.6) is 0 Å². The highest BCUT2D eigenvalue weighted by Gasteiger charge is 2.10. The van der Waals surface area contributed by atoms with Crippen molar-refractivity contribution in [1.82, 2.24) is 4.98 Å². The van der Waals surface area contributed by atoms with Crippen LogP contribution in [-0.4, -0.2) is 11.5 Å². The van der Waals surface area contributed by atoms with Crippen molar-refractivity contribution in [3.05, 3.63) is 34.0 Å². The highest BCUT2D eigenvalue weighted by molar-refractivity contribution is 6.32. The Bertz CT molecular complexity index is 514. The molecule has 0 amide bonds. The number of hydrogen-bond donors (Lipinski definition) is 2. The van der Waals surface area contributed by atoms with E-state index in [2.05, 4.69) is 18.0 Å². The van der Waals surface area contributed by atoms with Gasteiger partial charge in [-0.1, -0.05) is 17.7 Å². The molecule has 1 aromatic carbocycles. The van der Waals surface area contributed by atoms with Crippen molar-refractivity contribution in [2.45, 2.75) is 26.7 Å². The number of nitrogens with two attached hydrogens (primary N) is 1. The molecule has 0 aliphatic heterocycles. The molecule has 0 aliphatic rings. The average Bonchev–Trinajstić information content (AvgIpc) is 2.58. The van der Waals surface area contributed by atoms with Gasteiger partial charge in [-0.05, 0) is 50.4 Å². The molecule has 0 fully saturated rings. The Kier molecular flexibility index (Phi) is 3.22. The van der Waals surface area contributed by atoms with Gasteiger partial charge in [-0.2, -0.15) is 0 Å². The molecule has 86 valence electrons. The molecular weight excluding hydrogens is 220 g/mol. The van der Waals surface area contributed by atoms with Crippen LogP contribution in [0.2, 0.25) is 5.02 Å². The summed E-state index contributed by atoms with van der Waals surface area (Å²) in [6, 6.07) is 4.07. The van der Waals surface area contributed by atoms with Crippen molar-refractivity contribution in [3.8, 4) is 0 Å². The lowest BCUT2D eigenvalue weighted by atomic mass is 10.0. The van der Waals surface area contributed by atoms with E-state index in [0.29, 0.717) is 0 Å². The zero-order chi connectivity index (χ0) is 11.7. The standard InChI is InChI=1S/C13H17ClN2/c1-8-12(14)6-5-11-10(4-3-7-15)9(2)16-13(8)11/h5-6,16H,3-4,7,15H2,1-2H3. The van der Waals surface area contributed by atoms with E-state index >= 15 is 0 Å². The van der Waals surface area contributed by atoms with E-state index in [1.807, 2.05) is 13.0 Å². The summed E-state index contributed by atoms with van der Waals surface area (Å²) >= 11 is 6.11. The fourth-order valence-corrected chi connectivity index (χ4v) is 2.32. The minimum atomic E-state index is 0.735. The van der Waals surface area contributed by atoms with Crippen LogP contribution in [0.1, 0.15) is 23.2 Å². The number of hydrogen-bond acceptors (Lipinski definition) is 1. The van der Waals surface area contributed by atoms with E-state index in [4.69, 9.17) is 17.3 Å². The molecule has 0 saturated carbocycles. The molecule has 0 atom stereocenters. The summed E-state index contributed by atoms with van der Waals surface area (Å²) in [6.07, 6.45) is 2.05. The second-order valence-electron chi connectivity index (χ2n) is 4.22. The summed E-state index contributed by atoms with van der Waals surface area (Å²) in [5.74, 6) is 0. The van der Waals surface area contributed by atoms with Gasteiger partial charge < -0.3 is 10.7 Å². The molecular formula is C13H17ClN2. The third-order valence-electron chi connectivity index (χ3n) is 3.12. The Morgan fingerprint density at radius 3 is 2.75 bits per heavy atom. The third kappa shape index (κ3) is 1.83. The molecule has 0 unspecified atom stereocenters. The van der Waals surface area contributed by atoms with Crippen LogP contribution in [0.15, 0.2) is 12.1 Å². The maximum absolute atomic E-state index is 6.11. The van der Waals surface area contributed by atoms with Gasteiger partial charge in [-0.25, -0.2) is 0 Å². The Labute approximate surface area is 101 Å². The number of H-pyrrole nitrogens is 1. The molecule has 16 heavy (non-hydrogen) atoms. The van der Waals surface area contributed by atoms with Crippen molar-refractivity contribution in [3.63, 3.8) is 0 Å². The van der Waals surface area contributed by atoms with E-state index in [-0.39, 0.29) is 0 Å². The second kappa shape index (κ2) is 4.48. The second-order valence-corrected chi connectivity index (χ2v) is 4.62. The molecule has 1 heterocycles. The zero-order valence-corrected chi connectivity index (χ0v) is 10.5. The highest BCUT2D eigenvalue weighted by Crippen LogP contribution is 2.29. The lowest BCUT2D eigenvalue weighted by Gasteiger charge is -2.01. The average molecular weight is 237 g/mol. The Morgan fingerprint density at radius 2 is 2.06 bits per heavy atom. The lowest BCUT2D eigenvalue weighted by Crippen LogP contribution is -2.00. The van der Waals surface area contributed by atoms with Gasteiger partial charge in [0, 0.05) is 16.1 Å². The number of aromatic nitrogens is 1. The van der Waals surface area contributed by atoms with Crippen LogP contribution in [-0.2, 0) is 6.42 Å². The highest BCUT2D eigenvalue weighted by atomic mass is 35.5. The van der Waals surface area contributed by atoms with Gasteiger partial charge in [-0.15, -0.1) is 0 Å². The fourth-order valence-electron chi connectivity index (χ4n) is 2.16. The number of fused-ring (bicyclic) bond motifs is 1. The molecule has 3 N–H and O–H groups in total. The van der Waals surface area contributed by atoms with Crippen LogP contribution in [0, 0.1) is 13.8 Å². The minimum Gasteiger partial charge on any atom is -0.358 e. The molecule has 1 aromatic heterocycles. The summed E-state index contributed by atoms with van der Waals surface area (Å²) in [6.45, 7) is 4.89. The van der Waals surface area contributed by atoms with Gasteiger partial charge in [0.05, 0.1) is 5.52 Å². The SMILES string of the molecule is Cc1[nH]c2c(C)c(Cl)ccc2c1CCCN. The van der Waals surface area contributed by atoms with E-state index in [0.717, 1.165) is 35.5 Å². The normalized spacial score (nSPS) is 11.2. The molecule has 0 saturated heterocycles. The number of nitrogens with one attached hydrogen (secondary N) is 1. The number of aromatic amines is 1. The van der Waals surface area contributed by atoms with Gasteiger partial charge in [0.2, 0.25) is 0 Å². The first-order chi connectivity index (χ1) is 7.65. The molecule has 0 aliphatic carbocycles. The fraction of sp³-hybridized carbons (Fsp3) is 0.385. The monoisotopic (exact) mass is 236 g/mol. The van der Waals surface area contributed by atoms with E-state index in [9.17, 15) is 0 Å². The largest absolute Gasteiger partial charge is 0.358 e. The summed E-state index contributed by atoms with van der Waals surface area (Å²) in [5, 5.41) is 2.10. The van der Waals surface area contributed by atoms with Crippen molar-refractivity contribution in [2.24, 2.45) is 5.73 Å². The van der Waals surface area contributed by atoms with Gasteiger partial charge in [-0.3, -0.25) is 0 Å². The third-order valence-corrected chi connectivity index (χ3v) is 3.53. The molecule has 0 bridgehead atoms. The van der Waals surface area contributed by atoms with Crippen molar-refractivity contribution >= 4 is 22.5 Å². The molecule has 3 heteroatoms. The van der Waals surface area contributed by atoms with Crippen molar-refractivity contribution in [1.29, 1.82) is 0 Å². The summed E-state index contributed by atoms with van der Waals surface area (Å²) in [7, 11) is 0. The maximum Gasteiger partial charge on any atom is 0.0503 e. The van der Waals surface area contributed by atoms with Gasteiger partial charge in [0.1, 0.15) is 0 Å². The zero-order valence-electron chi connectivity index (χ0n) is 9.73. The van der Waals surface area contributed by atoms with Gasteiger partial charge in [0.15, 0.2) is 0 Å².